The Bertz CT molecular complexity index is 1450. The number of nitriles is 1. The first kappa shape index (κ1) is 24.2. The second kappa shape index (κ2) is 9.76. The quantitative estimate of drug-likeness (QED) is 0.544. The summed E-state index contributed by atoms with van der Waals surface area (Å²) < 4.78 is 26.7. The topological polar surface area (TPSA) is 123 Å². The van der Waals surface area contributed by atoms with E-state index >= 15 is 4.39 Å². The zero-order valence-corrected chi connectivity index (χ0v) is 19.7. The lowest BCUT2D eigenvalue weighted by molar-refractivity contribution is -0.139. The van der Waals surface area contributed by atoms with Crippen LogP contribution in [0, 0.1) is 24.1 Å². The molecule has 1 atom stereocenters. The molecule has 0 amide bonds. The number of allylic oxidation sites excluding steroid dienone is 1. The van der Waals surface area contributed by atoms with Crippen LogP contribution in [0.25, 0.3) is 5.69 Å². The molecule has 36 heavy (non-hydrogen) atoms. The summed E-state index contributed by atoms with van der Waals surface area (Å²) in [7, 11) is 2.30. The summed E-state index contributed by atoms with van der Waals surface area (Å²) in [6.07, 6.45) is 3.12. The number of hydrogen-bond donors (Lipinski definition) is 1. The highest BCUT2D eigenvalue weighted by Crippen LogP contribution is 2.43. The minimum absolute atomic E-state index is 0.0102. The number of carbonyl (C=O) groups excluding carboxylic acids is 2. The van der Waals surface area contributed by atoms with Gasteiger partial charge in [0.2, 0.25) is 0 Å². The molecule has 0 saturated heterocycles. The van der Waals surface area contributed by atoms with Crippen LogP contribution in [0.2, 0.25) is 0 Å². The van der Waals surface area contributed by atoms with Crippen LogP contribution in [0.15, 0.2) is 83.7 Å². The molecule has 0 bridgehead atoms. The Morgan fingerprint density at radius 1 is 1.11 bits per heavy atom. The first-order chi connectivity index (χ1) is 17.3. The van der Waals surface area contributed by atoms with Crippen molar-refractivity contribution in [3.05, 3.63) is 101 Å². The lowest BCUT2D eigenvalue weighted by atomic mass is 9.81. The van der Waals surface area contributed by atoms with Gasteiger partial charge in [0.1, 0.15) is 17.3 Å². The van der Waals surface area contributed by atoms with Crippen LogP contribution >= 0.6 is 0 Å². The molecular weight excluding hydrogens is 465 g/mol. The third-order valence-electron chi connectivity index (χ3n) is 5.79. The smallest absolute Gasteiger partial charge is 0.355 e. The van der Waals surface area contributed by atoms with E-state index < -0.39 is 23.7 Å². The number of benzene rings is 2. The molecule has 10 heteroatoms. The zero-order valence-electron chi connectivity index (χ0n) is 19.7. The Kier molecular flexibility index (Phi) is 6.56. The molecule has 1 aliphatic heterocycles. The summed E-state index contributed by atoms with van der Waals surface area (Å²) in [5, 5.41) is 10.1. The van der Waals surface area contributed by atoms with Crippen molar-refractivity contribution < 1.29 is 23.5 Å². The summed E-state index contributed by atoms with van der Waals surface area (Å²) in [5.74, 6) is -3.58. The molecule has 1 aromatic heterocycles. The fourth-order valence-electron chi connectivity index (χ4n) is 4.18. The number of aryl methyl sites for hydroxylation is 1. The zero-order chi connectivity index (χ0) is 26.0. The standard InChI is InChI=1S/C26H22FN5O4/c1-15-13-31(14-30-15)20-10-9-17(11-19(20)27)32-23(26(34)36-3)22(25(33)35-2)21(18(12-28)24(32)29)16-7-5-4-6-8-16/h4-11,13-14,21H,29H2,1-3H3. The van der Waals surface area contributed by atoms with Gasteiger partial charge < -0.3 is 19.8 Å². The van der Waals surface area contributed by atoms with Gasteiger partial charge in [-0.1, -0.05) is 30.3 Å². The molecule has 2 heterocycles. The minimum atomic E-state index is -1.01. The summed E-state index contributed by atoms with van der Waals surface area (Å²) in [4.78, 5) is 31.4. The molecule has 2 aromatic carbocycles. The number of rotatable bonds is 5. The van der Waals surface area contributed by atoms with Crippen molar-refractivity contribution in [1.82, 2.24) is 9.55 Å². The Hall–Kier alpha value is -4.91. The predicted molar refractivity (Wildman–Crippen MR) is 128 cm³/mol. The maximum atomic E-state index is 15.3. The molecule has 4 rings (SSSR count). The second-order valence-corrected chi connectivity index (χ2v) is 7.89. The van der Waals surface area contributed by atoms with Gasteiger partial charge in [0.05, 0.1) is 60.7 Å². The van der Waals surface area contributed by atoms with Gasteiger partial charge in [-0.2, -0.15) is 5.26 Å². The van der Waals surface area contributed by atoms with E-state index in [1.165, 1.54) is 23.0 Å². The van der Waals surface area contributed by atoms with Gasteiger partial charge in [0.15, 0.2) is 0 Å². The number of imidazole rings is 1. The average molecular weight is 487 g/mol. The summed E-state index contributed by atoms with van der Waals surface area (Å²) in [6, 6.07) is 14.8. The Balaban J connectivity index is 1.99. The highest BCUT2D eigenvalue weighted by molar-refractivity contribution is 6.06. The Morgan fingerprint density at radius 2 is 1.81 bits per heavy atom. The van der Waals surface area contributed by atoms with Crippen molar-refractivity contribution >= 4 is 17.6 Å². The van der Waals surface area contributed by atoms with Crippen LogP contribution in [0.3, 0.4) is 0 Å². The van der Waals surface area contributed by atoms with Gasteiger partial charge >= 0.3 is 11.9 Å². The monoisotopic (exact) mass is 487 g/mol. The van der Waals surface area contributed by atoms with Gasteiger partial charge in [0.25, 0.3) is 0 Å². The fourth-order valence-corrected chi connectivity index (χ4v) is 4.18. The Morgan fingerprint density at radius 3 is 2.36 bits per heavy atom. The largest absolute Gasteiger partial charge is 0.466 e. The number of aromatic nitrogens is 2. The summed E-state index contributed by atoms with van der Waals surface area (Å²) >= 11 is 0. The summed E-state index contributed by atoms with van der Waals surface area (Å²) in [5.41, 5.74) is 7.54. The van der Waals surface area contributed by atoms with Gasteiger partial charge in [-0.25, -0.2) is 19.0 Å². The van der Waals surface area contributed by atoms with E-state index in [1.807, 2.05) is 0 Å². The average Bonchev–Trinajstić information content (AvgIpc) is 3.33. The van der Waals surface area contributed by atoms with Gasteiger partial charge in [-0.3, -0.25) is 4.90 Å². The molecule has 0 saturated carbocycles. The maximum Gasteiger partial charge on any atom is 0.355 e. The normalized spacial score (nSPS) is 15.5. The number of ether oxygens (including phenoxy) is 2. The number of anilines is 1. The number of esters is 2. The molecule has 1 aliphatic rings. The molecular formula is C26H22FN5O4. The lowest BCUT2D eigenvalue weighted by Gasteiger charge is -2.36. The van der Waals surface area contributed by atoms with Crippen LogP contribution in [0.1, 0.15) is 17.2 Å². The van der Waals surface area contributed by atoms with Crippen LogP contribution in [-0.2, 0) is 19.1 Å². The van der Waals surface area contributed by atoms with E-state index in [-0.39, 0.29) is 34.0 Å². The van der Waals surface area contributed by atoms with Crippen molar-refractivity contribution in [3.63, 3.8) is 0 Å². The number of nitrogens with zero attached hydrogens (tertiary/aromatic N) is 4. The highest BCUT2D eigenvalue weighted by atomic mass is 19.1. The number of halogens is 1. The molecule has 9 nitrogen and oxygen atoms in total. The van der Waals surface area contributed by atoms with Crippen molar-refractivity contribution in [1.29, 1.82) is 5.26 Å². The second-order valence-electron chi connectivity index (χ2n) is 7.89. The van der Waals surface area contributed by atoms with Crippen LogP contribution in [0.5, 0.6) is 0 Å². The van der Waals surface area contributed by atoms with E-state index in [9.17, 15) is 14.9 Å². The van der Waals surface area contributed by atoms with Crippen molar-refractivity contribution in [2.75, 3.05) is 19.1 Å². The van der Waals surface area contributed by atoms with Gasteiger partial charge in [-0.15, -0.1) is 0 Å². The lowest BCUT2D eigenvalue weighted by Crippen LogP contribution is -2.40. The molecule has 182 valence electrons. The minimum Gasteiger partial charge on any atom is -0.466 e. The van der Waals surface area contributed by atoms with Crippen molar-refractivity contribution in [2.24, 2.45) is 5.73 Å². The van der Waals surface area contributed by atoms with Gasteiger partial charge in [0, 0.05) is 12.3 Å². The first-order valence-corrected chi connectivity index (χ1v) is 10.8. The molecule has 0 aliphatic carbocycles. The van der Waals surface area contributed by atoms with E-state index in [2.05, 4.69) is 11.1 Å². The molecule has 1 unspecified atom stereocenters. The van der Waals surface area contributed by atoms with E-state index in [1.54, 1.807) is 43.5 Å². The number of nitrogens with two attached hydrogens (primary N) is 1. The third kappa shape index (κ3) is 4.07. The molecule has 0 spiro atoms. The molecule has 2 N–H and O–H groups in total. The van der Waals surface area contributed by atoms with E-state index in [0.717, 1.165) is 25.2 Å². The Labute approximate surface area is 206 Å². The molecule has 3 aromatic rings. The third-order valence-corrected chi connectivity index (χ3v) is 5.79. The van der Waals surface area contributed by atoms with E-state index in [0.29, 0.717) is 11.3 Å². The van der Waals surface area contributed by atoms with Crippen molar-refractivity contribution in [2.45, 2.75) is 12.8 Å². The summed E-state index contributed by atoms with van der Waals surface area (Å²) in [6.45, 7) is 1.77. The van der Waals surface area contributed by atoms with Crippen LogP contribution in [0.4, 0.5) is 10.1 Å². The van der Waals surface area contributed by atoms with Gasteiger partial charge in [-0.05, 0) is 24.6 Å². The number of hydrogen-bond acceptors (Lipinski definition) is 8. The predicted octanol–water partition coefficient (Wildman–Crippen LogP) is 3.22. The van der Waals surface area contributed by atoms with Crippen molar-refractivity contribution in [3.8, 4) is 11.8 Å². The SMILES string of the molecule is COC(=O)C1=C(C(=O)OC)N(c2ccc(-n3cnc(C)c3)c(F)c2)C(N)=C(C#N)C1c1ccccc1. The fraction of sp³-hybridized carbons (Fsp3) is 0.154. The maximum absolute atomic E-state index is 15.3. The number of methoxy groups -OCH3 is 2. The van der Waals surface area contributed by atoms with Crippen LogP contribution < -0.4 is 10.6 Å². The van der Waals surface area contributed by atoms with Crippen LogP contribution in [-0.4, -0.2) is 35.7 Å². The molecule has 0 fully saturated rings. The highest BCUT2D eigenvalue weighted by Gasteiger charge is 2.43. The van der Waals surface area contributed by atoms with E-state index in [4.69, 9.17) is 15.2 Å². The number of carbonyl (C=O) groups is 2. The first-order valence-electron chi connectivity index (χ1n) is 10.8. The molecule has 0 radical (unpaired) electrons.